The van der Waals surface area contributed by atoms with Crippen LogP contribution in [0.15, 0.2) is 4.99 Å². The first-order chi connectivity index (χ1) is 22.3. The molecular formula is C27H48N10O10. The molecule has 3 rings (SSSR count). The van der Waals surface area contributed by atoms with Crippen molar-refractivity contribution in [3.8, 4) is 0 Å². The molecule has 0 aliphatic carbocycles. The first-order valence-corrected chi connectivity index (χ1v) is 15.6. The third-order valence-electron chi connectivity index (χ3n) is 7.96. The number of piperidine rings is 1. The molecule has 3 aliphatic rings. The van der Waals surface area contributed by atoms with Crippen molar-refractivity contribution in [2.24, 2.45) is 22.2 Å². The number of hydrogen-bond acceptors (Lipinski definition) is 15. The third kappa shape index (κ3) is 11.1. The quantitative estimate of drug-likeness (QED) is 0.0680. The normalized spacial score (nSPS) is 29.6. The molecule has 2 fully saturated rings. The Hall–Kier alpha value is -3.82. The van der Waals surface area contributed by atoms with Gasteiger partial charge < -0.3 is 73.9 Å². The second-order valence-corrected chi connectivity index (χ2v) is 11.8. The Bertz CT molecular complexity index is 1150. The number of aliphatic hydroxyl groups excluding tert-OH is 3. The van der Waals surface area contributed by atoms with Gasteiger partial charge in [0, 0.05) is 44.9 Å². The Balaban J connectivity index is 1.66. The van der Waals surface area contributed by atoms with Crippen molar-refractivity contribution in [3.05, 3.63) is 0 Å². The van der Waals surface area contributed by atoms with Gasteiger partial charge in [0.15, 0.2) is 24.3 Å². The molecule has 0 saturated carbocycles. The average Bonchev–Trinajstić information content (AvgIpc) is 3.44. The van der Waals surface area contributed by atoms with Crippen LogP contribution in [-0.2, 0) is 28.7 Å². The van der Waals surface area contributed by atoms with Gasteiger partial charge in [0.2, 0.25) is 23.6 Å². The molecule has 3 heterocycles. The summed E-state index contributed by atoms with van der Waals surface area (Å²) in [6.07, 6.45) is -5.94. The van der Waals surface area contributed by atoms with Gasteiger partial charge in [-0.1, -0.05) is 0 Å². The fourth-order valence-corrected chi connectivity index (χ4v) is 5.69. The number of guanidine groups is 1. The number of primary amides is 1. The van der Waals surface area contributed by atoms with Gasteiger partial charge in [0.1, 0.15) is 18.2 Å². The topological polar surface area (TPSA) is 327 Å². The maximum Gasteiger partial charge on any atom is 0.404 e. The summed E-state index contributed by atoms with van der Waals surface area (Å²) in [7, 11) is 0. The van der Waals surface area contributed by atoms with Crippen LogP contribution in [0.4, 0.5) is 4.79 Å². The van der Waals surface area contributed by atoms with E-state index < -0.39 is 85.2 Å². The van der Waals surface area contributed by atoms with Gasteiger partial charge in [-0.15, -0.1) is 0 Å². The number of nitrogens with two attached hydrogens (primary N) is 3. The van der Waals surface area contributed by atoms with E-state index in [0.29, 0.717) is 32.2 Å². The number of rotatable bonds is 16. The van der Waals surface area contributed by atoms with Gasteiger partial charge in [-0.05, 0) is 32.2 Å². The molecule has 15 N–H and O–H groups in total. The minimum absolute atomic E-state index is 0.0110. The summed E-state index contributed by atoms with van der Waals surface area (Å²) in [6.45, 7) is 1.36. The lowest BCUT2D eigenvalue weighted by Gasteiger charge is -2.44. The average molecular weight is 673 g/mol. The highest BCUT2D eigenvalue weighted by atomic mass is 16.6. The zero-order valence-corrected chi connectivity index (χ0v) is 26.2. The highest BCUT2D eigenvalue weighted by Gasteiger charge is 2.49. The maximum absolute atomic E-state index is 13.3. The molecule has 20 nitrogen and oxygen atoms in total. The molecule has 0 unspecified atom stereocenters. The number of aliphatic hydroxyl groups is 3. The van der Waals surface area contributed by atoms with Gasteiger partial charge in [0.05, 0.1) is 18.8 Å². The maximum atomic E-state index is 13.3. The number of carbonyl (C=O) groups excluding carboxylic acids is 5. The van der Waals surface area contributed by atoms with E-state index in [1.54, 1.807) is 0 Å². The van der Waals surface area contributed by atoms with Gasteiger partial charge in [0.25, 0.3) is 0 Å². The minimum atomic E-state index is -1.65. The number of β-amino-alcohol motifs (C(OH)–C–C–N with tert-alkyl or cyclic N) is 1. The molecule has 0 aromatic rings. The van der Waals surface area contributed by atoms with Gasteiger partial charge in [-0.3, -0.25) is 19.2 Å². The molecule has 0 aromatic heterocycles. The number of nitrogens with one attached hydrogen (secondary N) is 6. The number of hydrogen-bond donors (Lipinski definition) is 12. The van der Waals surface area contributed by atoms with Crippen LogP contribution in [0.5, 0.6) is 0 Å². The second-order valence-electron chi connectivity index (χ2n) is 11.8. The van der Waals surface area contributed by atoms with Crippen molar-refractivity contribution in [2.45, 2.75) is 106 Å². The van der Waals surface area contributed by atoms with E-state index in [2.05, 4.69) is 36.9 Å². The zero-order valence-electron chi connectivity index (χ0n) is 26.2. The van der Waals surface area contributed by atoms with E-state index >= 15 is 0 Å². The molecule has 5 amide bonds. The van der Waals surface area contributed by atoms with E-state index in [1.807, 2.05) is 0 Å². The van der Waals surface area contributed by atoms with Crippen molar-refractivity contribution in [2.75, 3.05) is 26.2 Å². The van der Waals surface area contributed by atoms with E-state index in [4.69, 9.17) is 26.7 Å². The second kappa shape index (κ2) is 17.9. The van der Waals surface area contributed by atoms with Crippen LogP contribution in [-0.4, -0.2) is 138 Å². The lowest BCUT2D eigenvalue weighted by Crippen LogP contribution is -2.70. The number of amides is 5. The standard InChI is InChI=1S/C27H48N10O10/c1-12(39)33-14(5-3-7-31-17(41)8-13(29)4-2-6-28)9-18(42)34-21-22(43)23(47-26(30)45)16(11-38)46-25(21)37-27-35-19-15(40)10-32-24(44)20(19)36-27/h13-16,19-23,25,38,40,43H,2-11,28-29H2,1H3,(H2,30,45)(H,31,41)(H,32,44)(H,33,39)(H,34,42)(H2,35,36,37)/t13-,14-,15+,16+,19+,20-,21+,22-,23-,25+/m0/s1. The monoisotopic (exact) mass is 672 g/mol. The van der Waals surface area contributed by atoms with Crippen molar-refractivity contribution in [3.63, 3.8) is 0 Å². The summed E-state index contributed by atoms with van der Waals surface area (Å²) in [6, 6.07) is -4.00. The minimum Gasteiger partial charge on any atom is -0.441 e. The fourth-order valence-electron chi connectivity index (χ4n) is 5.69. The Morgan fingerprint density at radius 1 is 1.15 bits per heavy atom. The number of carbonyl (C=O) groups is 5. The molecule has 10 atom stereocenters. The van der Waals surface area contributed by atoms with Gasteiger partial charge >= 0.3 is 6.09 Å². The number of ether oxygens (including phenoxy) is 2. The smallest absolute Gasteiger partial charge is 0.404 e. The first kappa shape index (κ1) is 37.6. The van der Waals surface area contributed by atoms with E-state index in [0.717, 1.165) is 0 Å². The molecular weight excluding hydrogens is 624 g/mol. The number of fused-ring (bicyclic) bond motifs is 1. The largest absolute Gasteiger partial charge is 0.441 e. The molecule has 266 valence electrons. The molecule has 2 saturated heterocycles. The fraction of sp³-hybridized carbons (Fsp3) is 0.778. The molecule has 0 aromatic carbocycles. The van der Waals surface area contributed by atoms with Crippen molar-refractivity contribution in [1.82, 2.24) is 31.9 Å². The SMILES string of the molecule is CC(=O)N[C@@H](CCCNC(=O)C[C@@H](N)CCCN)CC(=O)N[C@@H]1[C@H](O)[C@@H](OC(N)=O)[C@@H](CO)O[C@H]1NC1=N[C@@H]2C(=O)NC[C@@H](O)[C@H]2N1. The highest BCUT2D eigenvalue weighted by Crippen LogP contribution is 2.24. The van der Waals surface area contributed by atoms with E-state index in [9.17, 15) is 39.3 Å². The van der Waals surface area contributed by atoms with Crippen LogP contribution in [0.25, 0.3) is 0 Å². The molecule has 0 radical (unpaired) electrons. The van der Waals surface area contributed by atoms with E-state index in [1.165, 1.54) is 6.92 Å². The Morgan fingerprint density at radius 3 is 2.53 bits per heavy atom. The van der Waals surface area contributed by atoms with Crippen LogP contribution < -0.4 is 49.1 Å². The predicted octanol–water partition coefficient (Wildman–Crippen LogP) is -5.96. The molecule has 0 bridgehead atoms. The number of nitrogens with zero attached hydrogens (tertiary/aromatic N) is 1. The zero-order chi connectivity index (χ0) is 34.7. The van der Waals surface area contributed by atoms with Crippen LogP contribution >= 0.6 is 0 Å². The molecule has 47 heavy (non-hydrogen) atoms. The van der Waals surface area contributed by atoms with Gasteiger partial charge in [-0.25, -0.2) is 9.79 Å². The molecule has 3 aliphatic heterocycles. The summed E-state index contributed by atoms with van der Waals surface area (Å²) in [5.74, 6) is -1.66. The summed E-state index contributed by atoms with van der Waals surface area (Å²) in [5.41, 5.74) is 16.6. The van der Waals surface area contributed by atoms with Crippen molar-refractivity contribution < 1.29 is 48.8 Å². The molecule has 20 heteroatoms. The van der Waals surface area contributed by atoms with Gasteiger partial charge in [-0.2, -0.15) is 0 Å². The van der Waals surface area contributed by atoms with Crippen LogP contribution in [0.2, 0.25) is 0 Å². The Labute approximate surface area is 271 Å². The van der Waals surface area contributed by atoms with Crippen LogP contribution in [0, 0.1) is 0 Å². The summed E-state index contributed by atoms with van der Waals surface area (Å²) in [5, 5.41) is 47.8. The summed E-state index contributed by atoms with van der Waals surface area (Å²) < 4.78 is 10.8. The predicted molar refractivity (Wildman–Crippen MR) is 164 cm³/mol. The highest BCUT2D eigenvalue weighted by molar-refractivity contribution is 5.92. The van der Waals surface area contributed by atoms with Crippen molar-refractivity contribution in [1.29, 1.82) is 0 Å². The summed E-state index contributed by atoms with van der Waals surface area (Å²) in [4.78, 5) is 65.4. The third-order valence-corrected chi connectivity index (χ3v) is 7.96. The number of aliphatic imine (C=N–C) groups is 1. The summed E-state index contributed by atoms with van der Waals surface area (Å²) >= 11 is 0. The van der Waals surface area contributed by atoms with Crippen molar-refractivity contribution >= 4 is 35.7 Å². The lowest BCUT2D eigenvalue weighted by molar-refractivity contribution is -0.198. The molecule has 0 spiro atoms. The lowest BCUT2D eigenvalue weighted by atomic mass is 9.95. The Morgan fingerprint density at radius 2 is 1.89 bits per heavy atom. The van der Waals surface area contributed by atoms with Crippen LogP contribution in [0.1, 0.15) is 45.4 Å². The Kier molecular flexibility index (Phi) is 14.3. The van der Waals surface area contributed by atoms with E-state index in [-0.39, 0.29) is 43.8 Å². The first-order valence-electron chi connectivity index (χ1n) is 15.6. The van der Waals surface area contributed by atoms with Crippen LogP contribution in [0.3, 0.4) is 0 Å².